The first kappa shape index (κ1) is 8.82. The van der Waals surface area contributed by atoms with Gasteiger partial charge in [0, 0.05) is 4.50 Å². The molecule has 0 unspecified atom stereocenters. The molecule has 0 spiro atoms. The normalized spacial score (nSPS) is 12.6. The minimum absolute atomic E-state index is 0.0152. The van der Waals surface area contributed by atoms with E-state index in [2.05, 4.69) is 38.1 Å². The molecule has 0 bridgehead atoms. The van der Waals surface area contributed by atoms with Gasteiger partial charge in [-0.15, -0.1) is 11.6 Å². The molecular weight excluding hydrogens is 172 g/mol. The molecule has 0 aliphatic carbocycles. The first-order valence-corrected chi connectivity index (χ1v) is 5.60. The maximum atomic E-state index is 6.13. The summed E-state index contributed by atoms with van der Waals surface area (Å²) in [5.74, 6) is 0. The Hall–Kier alpha value is -0.273. The summed E-state index contributed by atoms with van der Waals surface area (Å²) in [6, 6.07) is 10.5. The predicted octanol–water partition coefficient (Wildman–Crippen LogP) is 1.46. The Labute approximate surface area is 75.4 Å². The lowest BCUT2D eigenvalue weighted by atomic mass is 10.4. The van der Waals surface area contributed by atoms with Crippen molar-refractivity contribution in [2.75, 3.05) is 0 Å². The maximum absolute atomic E-state index is 6.13. The first-order valence-electron chi connectivity index (χ1n) is 3.81. The Balaban J connectivity index is 2.66. The van der Waals surface area contributed by atoms with Gasteiger partial charge in [0.2, 0.25) is 0 Å². The van der Waals surface area contributed by atoms with E-state index in [4.69, 9.17) is 11.6 Å². The SMILES string of the molecule is CC(C)(Cl)[SiH2]c1ccccc1. The average Bonchev–Trinajstić information content (AvgIpc) is 1.85. The minimum Gasteiger partial charge on any atom is -0.124 e. The standard InChI is InChI=1S/C9H13ClSi/c1-9(2,10)11-8-6-4-3-5-7-8/h3-7H,11H2,1-2H3. The van der Waals surface area contributed by atoms with Gasteiger partial charge in [0.05, 0.1) is 9.52 Å². The second-order valence-corrected chi connectivity index (χ2v) is 7.79. The summed E-state index contributed by atoms with van der Waals surface area (Å²) in [6.07, 6.45) is 0. The topological polar surface area (TPSA) is 0 Å². The number of rotatable bonds is 2. The van der Waals surface area contributed by atoms with Crippen molar-refractivity contribution in [1.82, 2.24) is 0 Å². The van der Waals surface area contributed by atoms with Crippen LogP contribution < -0.4 is 5.19 Å². The number of alkyl halides is 1. The number of benzene rings is 1. The van der Waals surface area contributed by atoms with Crippen LogP contribution in [0.15, 0.2) is 30.3 Å². The summed E-state index contributed by atoms with van der Waals surface area (Å²) in [5.41, 5.74) is 0. The van der Waals surface area contributed by atoms with Crippen LogP contribution in [0.1, 0.15) is 13.8 Å². The van der Waals surface area contributed by atoms with Crippen molar-refractivity contribution >= 4 is 26.3 Å². The fourth-order valence-corrected chi connectivity index (χ4v) is 3.02. The van der Waals surface area contributed by atoms with Crippen LogP contribution in [0.25, 0.3) is 0 Å². The van der Waals surface area contributed by atoms with E-state index in [0.29, 0.717) is 0 Å². The highest BCUT2D eigenvalue weighted by Crippen LogP contribution is 2.09. The molecule has 0 fully saturated rings. The van der Waals surface area contributed by atoms with E-state index < -0.39 is 0 Å². The summed E-state index contributed by atoms with van der Waals surface area (Å²) in [5, 5.41) is 1.44. The molecule has 0 aliphatic heterocycles. The van der Waals surface area contributed by atoms with E-state index in [9.17, 15) is 0 Å². The zero-order chi connectivity index (χ0) is 8.32. The van der Waals surface area contributed by atoms with Gasteiger partial charge >= 0.3 is 0 Å². The van der Waals surface area contributed by atoms with Crippen LogP contribution >= 0.6 is 11.6 Å². The Morgan fingerprint density at radius 1 is 1.18 bits per heavy atom. The molecule has 0 nitrogen and oxygen atoms in total. The summed E-state index contributed by atoms with van der Waals surface area (Å²) in [6.45, 7) is 4.18. The van der Waals surface area contributed by atoms with Gasteiger partial charge in [0.25, 0.3) is 0 Å². The van der Waals surface area contributed by atoms with Crippen molar-refractivity contribution in [3.63, 3.8) is 0 Å². The number of hydrogen-bond acceptors (Lipinski definition) is 0. The van der Waals surface area contributed by atoms with Gasteiger partial charge in [-0.2, -0.15) is 0 Å². The Morgan fingerprint density at radius 2 is 1.73 bits per heavy atom. The number of halogens is 1. The Morgan fingerprint density at radius 3 is 2.18 bits per heavy atom. The molecule has 11 heavy (non-hydrogen) atoms. The van der Waals surface area contributed by atoms with Gasteiger partial charge in [0.1, 0.15) is 0 Å². The first-order chi connectivity index (χ1) is 5.08. The summed E-state index contributed by atoms with van der Waals surface area (Å²) >= 11 is 6.13. The molecule has 2 heteroatoms. The van der Waals surface area contributed by atoms with Gasteiger partial charge in [-0.25, -0.2) is 0 Å². The molecule has 0 saturated carbocycles. The van der Waals surface area contributed by atoms with E-state index in [1.807, 2.05) is 6.07 Å². The van der Waals surface area contributed by atoms with Crippen molar-refractivity contribution < 1.29 is 0 Å². The van der Waals surface area contributed by atoms with Crippen molar-refractivity contribution in [3.8, 4) is 0 Å². The highest BCUT2D eigenvalue weighted by atomic mass is 35.5. The van der Waals surface area contributed by atoms with E-state index in [-0.39, 0.29) is 14.0 Å². The average molecular weight is 185 g/mol. The molecule has 1 aromatic rings. The van der Waals surface area contributed by atoms with E-state index in [1.165, 1.54) is 5.19 Å². The van der Waals surface area contributed by atoms with Gasteiger partial charge in [0.15, 0.2) is 0 Å². The van der Waals surface area contributed by atoms with Crippen LogP contribution in [0.2, 0.25) is 0 Å². The van der Waals surface area contributed by atoms with Crippen LogP contribution in [0.5, 0.6) is 0 Å². The summed E-state index contributed by atoms with van der Waals surface area (Å²) in [4.78, 5) is 0. The third kappa shape index (κ3) is 3.59. The van der Waals surface area contributed by atoms with Gasteiger partial charge < -0.3 is 0 Å². The molecule has 60 valence electrons. The maximum Gasteiger partial charge on any atom is 0.0784 e. The van der Waals surface area contributed by atoms with Crippen molar-refractivity contribution in [2.24, 2.45) is 0 Å². The minimum atomic E-state index is -0.308. The molecule has 0 aliphatic rings. The molecule has 1 aromatic carbocycles. The van der Waals surface area contributed by atoms with Crippen LogP contribution in [-0.4, -0.2) is 14.0 Å². The molecule has 0 radical (unpaired) electrons. The predicted molar refractivity (Wildman–Crippen MR) is 54.6 cm³/mol. The fraction of sp³-hybridized carbons (Fsp3) is 0.333. The number of hydrogen-bond donors (Lipinski definition) is 0. The largest absolute Gasteiger partial charge is 0.124 e. The Kier molecular flexibility index (Phi) is 2.74. The molecular formula is C9H13ClSi. The molecule has 0 saturated heterocycles. The summed E-state index contributed by atoms with van der Waals surface area (Å²) < 4.78 is 0.0152. The quantitative estimate of drug-likeness (QED) is 0.483. The smallest absolute Gasteiger partial charge is 0.0784 e. The molecule has 0 atom stereocenters. The summed E-state index contributed by atoms with van der Waals surface area (Å²) in [7, 11) is -0.308. The molecule has 0 N–H and O–H groups in total. The van der Waals surface area contributed by atoms with Crippen LogP contribution in [0.4, 0.5) is 0 Å². The lowest BCUT2D eigenvalue weighted by molar-refractivity contribution is 0.983. The third-order valence-electron chi connectivity index (χ3n) is 1.47. The fourth-order valence-electron chi connectivity index (χ4n) is 1.08. The van der Waals surface area contributed by atoms with E-state index in [0.717, 1.165) is 0 Å². The molecule has 0 amide bonds. The Bertz CT molecular complexity index is 213. The lowest BCUT2D eigenvalue weighted by Crippen LogP contribution is -2.31. The molecule has 0 aromatic heterocycles. The third-order valence-corrected chi connectivity index (χ3v) is 3.59. The highest BCUT2D eigenvalue weighted by Gasteiger charge is 2.13. The highest BCUT2D eigenvalue weighted by molar-refractivity contribution is 6.66. The van der Waals surface area contributed by atoms with Gasteiger partial charge in [-0.05, 0) is 13.8 Å². The van der Waals surface area contributed by atoms with Crippen LogP contribution in [0.3, 0.4) is 0 Å². The molecule has 1 rings (SSSR count). The van der Waals surface area contributed by atoms with Crippen LogP contribution in [0, 0.1) is 0 Å². The van der Waals surface area contributed by atoms with Gasteiger partial charge in [-0.1, -0.05) is 35.5 Å². The van der Waals surface area contributed by atoms with Gasteiger partial charge in [-0.3, -0.25) is 0 Å². The monoisotopic (exact) mass is 184 g/mol. The zero-order valence-corrected chi connectivity index (χ0v) is 9.14. The zero-order valence-electron chi connectivity index (χ0n) is 6.97. The van der Waals surface area contributed by atoms with Crippen molar-refractivity contribution in [2.45, 2.75) is 18.3 Å². The van der Waals surface area contributed by atoms with E-state index >= 15 is 0 Å². The van der Waals surface area contributed by atoms with E-state index in [1.54, 1.807) is 0 Å². The molecule has 0 heterocycles. The second kappa shape index (κ2) is 3.42. The van der Waals surface area contributed by atoms with Crippen molar-refractivity contribution in [1.29, 1.82) is 0 Å². The van der Waals surface area contributed by atoms with Crippen LogP contribution in [-0.2, 0) is 0 Å². The van der Waals surface area contributed by atoms with Crippen molar-refractivity contribution in [3.05, 3.63) is 30.3 Å². The second-order valence-electron chi connectivity index (χ2n) is 3.38. The lowest BCUT2D eigenvalue weighted by Gasteiger charge is -2.13.